The Balaban J connectivity index is 2.21. The van der Waals surface area contributed by atoms with Crippen LogP contribution in [0, 0.1) is 0 Å². The first-order valence-electron chi connectivity index (χ1n) is 6.91. The highest BCUT2D eigenvalue weighted by Crippen LogP contribution is 2.01. The van der Waals surface area contributed by atoms with Crippen molar-refractivity contribution in [3.05, 3.63) is 29.6 Å². The number of rotatable bonds is 9. The zero-order valence-electron chi connectivity index (χ0n) is 12.1. The lowest BCUT2D eigenvalue weighted by atomic mass is 10.2. The van der Waals surface area contributed by atoms with Crippen molar-refractivity contribution in [3.8, 4) is 0 Å². The average molecular weight is 295 g/mol. The Morgan fingerprint density at radius 2 is 2.14 bits per heavy atom. The molecule has 0 aliphatic heterocycles. The summed E-state index contributed by atoms with van der Waals surface area (Å²) >= 11 is 0. The molecule has 7 nitrogen and oxygen atoms in total. The van der Waals surface area contributed by atoms with Gasteiger partial charge < -0.3 is 20.5 Å². The normalized spacial score (nSPS) is 10.1. The van der Waals surface area contributed by atoms with Crippen molar-refractivity contribution >= 4 is 12.0 Å². The third-order valence-corrected chi connectivity index (χ3v) is 2.67. The Kier molecular flexibility index (Phi) is 7.81. The van der Waals surface area contributed by atoms with E-state index in [2.05, 4.69) is 22.5 Å². The maximum Gasteiger partial charge on any atom is 0.335 e. The van der Waals surface area contributed by atoms with E-state index < -0.39 is 5.97 Å². The Morgan fingerprint density at radius 3 is 2.86 bits per heavy atom. The molecule has 21 heavy (non-hydrogen) atoms. The van der Waals surface area contributed by atoms with Crippen LogP contribution in [0.2, 0.25) is 0 Å². The summed E-state index contributed by atoms with van der Waals surface area (Å²) in [6.07, 6.45) is 3.49. The Bertz CT molecular complexity index is 465. The highest BCUT2D eigenvalue weighted by molar-refractivity contribution is 5.87. The number of carbonyl (C=O) groups is 2. The van der Waals surface area contributed by atoms with Gasteiger partial charge in [0.05, 0.1) is 24.4 Å². The lowest BCUT2D eigenvalue weighted by Crippen LogP contribution is -2.37. The number of pyridine rings is 1. The van der Waals surface area contributed by atoms with Gasteiger partial charge in [-0.2, -0.15) is 0 Å². The van der Waals surface area contributed by atoms with Crippen LogP contribution in [0.25, 0.3) is 0 Å². The standard InChI is InChI=1S/C14H21N3O4/c1-2-3-7-21-8-6-16-14(20)17-10-12-9-11(13(18)19)4-5-15-12/h4-5,9H,2-3,6-8,10H2,1H3,(H,18,19)(H2,16,17,20). The summed E-state index contributed by atoms with van der Waals surface area (Å²) < 4.78 is 5.31. The molecular formula is C14H21N3O4. The molecule has 0 saturated carbocycles. The minimum Gasteiger partial charge on any atom is -0.478 e. The van der Waals surface area contributed by atoms with Gasteiger partial charge in [-0.25, -0.2) is 9.59 Å². The summed E-state index contributed by atoms with van der Waals surface area (Å²) in [5, 5.41) is 14.1. The quantitative estimate of drug-likeness (QED) is 0.598. The molecule has 3 N–H and O–H groups in total. The number of unbranched alkanes of at least 4 members (excludes halogenated alkanes) is 1. The van der Waals surface area contributed by atoms with Crippen molar-refractivity contribution < 1.29 is 19.4 Å². The second kappa shape index (κ2) is 9.71. The molecule has 0 aliphatic rings. The van der Waals surface area contributed by atoms with E-state index in [1.807, 2.05) is 0 Å². The third kappa shape index (κ3) is 7.26. The maximum absolute atomic E-state index is 11.5. The summed E-state index contributed by atoms with van der Waals surface area (Å²) in [6.45, 7) is 3.86. The van der Waals surface area contributed by atoms with Crippen molar-refractivity contribution in [1.29, 1.82) is 0 Å². The van der Waals surface area contributed by atoms with Crippen LogP contribution < -0.4 is 10.6 Å². The number of aromatic carboxylic acids is 1. The molecule has 2 amide bonds. The molecule has 1 aromatic heterocycles. The van der Waals surface area contributed by atoms with Gasteiger partial charge in [-0.15, -0.1) is 0 Å². The highest BCUT2D eigenvalue weighted by Gasteiger charge is 2.05. The Labute approximate surface area is 123 Å². The molecule has 0 saturated heterocycles. The lowest BCUT2D eigenvalue weighted by molar-refractivity contribution is 0.0696. The van der Waals surface area contributed by atoms with E-state index in [0.29, 0.717) is 25.5 Å². The lowest BCUT2D eigenvalue weighted by Gasteiger charge is -2.08. The van der Waals surface area contributed by atoms with Gasteiger partial charge in [-0.1, -0.05) is 13.3 Å². The van der Waals surface area contributed by atoms with Gasteiger partial charge in [0.1, 0.15) is 0 Å². The van der Waals surface area contributed by atoms with Gasteiger partial charge in [0, 0.05) is 19.3 Å². The van der Waals surface area contributed by atoms with Crippen molar-refractivity contribution in [2.75, 3.05) is 19.8 Å². The monoisotopic (exact) mass is 295 g/mol. The van der Waals surface area contributed by atoms with Crippen molar-refractivity contribution in [3.63, 3.8) is 0 Å². The van der Waals surface area contributed by atoms with E-state index in [0.717, 1.165) is 12.8 Å². The van der Waals surface area contributed by atoms with Crippen molar-refractivity contribution in [1.82, 2.24) is 15.6 Å². The zero-order valence-corrected chi connectivity index (χ0v) is 12.1. The Hall–Kier alpha value is -2.15. The summed E-state index contributed by atoms with van der Waals surface area (Å²) in [7, 11) is 0. The fourth-order valence-electron chi connectivity index (χ4n) is 1.53. The van der Waals surface area contributed by atoms with Gasteiger partial charge in [0.2, 0.25) is 0 Å². The fraction of sp³-hybridized carbons (Fsp3) is 0.500. The second-order valence-electron chi connectivity index (χ2n) is 4.42. The third-order valence-electron chi connectivity index (χ3n) is 2.67. The number of nitrogens with zero attached hydrogens (tertiary/aromatic N) is 1. The first-order valence-corrected chi connectivity index (χ1v) is 6.91. The summed E-state index contributed by atoms with van der Waals surface area (Å²) in [5.74, 6) is -1.02. The van der Waals surface area contributed by atoms with Gasteiger partial charge in [-0.05, 0) is 18.6 Å². The Morgan fingerprint density at radius 1 is 1.33 bits per heavy atom. The predicted octanol–water partition coefficient (Wildman–Crippen LogP) is 1.40. The van der Waals surface area contributed by atoms with Crippen LogP contribution in [0.4, 0.5) is 4.79 Å². The first-order chi connectivity index (χ1) is 10.1. The van der Waals surface area contributed by atoms with Crippen molar-refractivity contribution in [2.45, 2.75) is 26.3 Å². The van der Waals surface area contributed by atoms with Crippen LogP contribution in [0.5, 0.6) is 0 Å². The smallest absolute Gasteiger partial charge is 0.335 e. The molecule has 0 aliphatic carbocycles. The topological polar surface area (TPSA) is 101 Å². The molecule has 0 atom stereocenters. The number of amides is 2. The molecule has 1 heterocycles. The maximum atomic E-state index is 11.5. The number of nitrogens with one attached hydrogen (secondary N) is 2. The van der Waals surface area contributed by atoms with Crippen LogP contribution in [0.3, 0.4) is 0 Å². The van der Waals surface area contributed by atoms with Crippen LogP contribution >= 0.6 is 0 Å². The van der Waals surface area contributed by atoms with E-state index >= 15 is 0 Å². The molecule has 0 aromatic carbocycles. The molecule has 0 spiro atoms. The van der Waals surface area contributed by atoms with E-state index in [9.17, 15) is 9.59 Å². The number of aromatic nitrogens is 1. The molecule has 0 bridgehead atoms. The number of carboxylic acid groups (broad SMARTS) is 1. The molecular weight excluding hydrogens is 274 g/mol. The van der Waals surface area contributed by atoms with E-state index in [1.54, 1.807) is 0 Å². The second-order valence-corrected chi connectivity index (χ2v) is 4.42. The van der Waals surface area contributed by atoms with Crippen molar-refractivity contribution in [2.24, 2.45) is 0 Å². The van der Waals surface area contributed by atoms with Gasteiger partial charge >= 0.3 is 12.0 Å². The molecule has 0 fully saturated rings. The van der Waals surface area contributed by atoms with Crippen LogP contribution in [0.15, 0.2) is 18.3 Å². The number of urea groups is 1. The average Bonchev–Trinajstić information content (AvgIpc) is 2.49. The summed E-state index contributed by atoms with van der Waals surface area (Å²) in [6, 6.07) is 2.49. The van der Waals surface area contributed by atoms with E-state index in [4.69, 9.17) is 9.84 Å². The SMILES string of the molecule is CCCCOCCNC(=O)NCc1cc(C(=O)O)ccn1. The van der Waals surface area contributed by atoms with Crippen LogP contribution in [-0.4, -0.2) is 41.8 Å². The number of hydrogen-bond donors (Lipinski definition) is 3. The predicted molar refractivity (Wildman–Crippen MR) is 77.2 cm³/mol. The molecule has 116 valence electrons. The van der Waals surface area contributed by atoms with Crippen LogP contribution in [-0.2, 0) is 11.3 Å². The summed E-state index contributed by atoms with van der Waals surface area (Å²) in [4.78, 5) is 26.3. The van der Waals surface area contributed by atoms with Gasteiger partial charge in [0.25, 0.3) is 0 Å². The largest absolute Gasteiger partial charge is 0.478 e. The van der Waals surface area contributed by atoms with Crippen LogP contribution in [0.1, 0.15) is 35.8 Å². The summed E-state index contributed by atoms with van der Waals surface area (Å²) in [5.41, 5.74) is 0.635. The number of hydrogen-bond acceptors (Lipinski definition) is 4. The highest BCUT2D eigenvalue weighted by atomic mass is 16.5. The number of ether oxygens (including phenoxy) is 1. The minimum atomic E-state index is -1.02. The van der Waals surface area contributed by atoms with E-state index in [1.165, 1.54) is 18.3 Å². The fourth-order valence-corrected chi connectivity index (χ4v) is 1.53. The number of carbonyl (C=O) groups excluding carboxylic acids is 1. The molecule has 0 radical (unpaired) electrons. The molecule has 7 heteroatoms. The van der Waals surface area contributed by atoms with E-state index in [-0.39, 0.29) is 18.1 Å². The van der Waals surface area contributed by atoms with Gasteiger partial charge in [-0.3, -0.25) is 4.98 Å². The van der Waals surface area contributed by atoms with Gasteiger partial charge in [0.15, 0.2) is 0 Å². The minimum absolute atomic E-state index is 0.145. The molecule has 1 rings (SSSR count). The zero-order chi connectivity index (χ0) is 15.5. The molecule has 0 unspecified atom stereocenters. The molecule has 1 aromatic rings. The number of carboxylic acids is 1. The first kappa shape index (κ1) is 16.9.